The van der Waals surface area contributed by atoms with E-state index in [4.69, 9.17) is 5.41 Å². The second-order valence-electron chi connectivity index (χ2n) is 3.34. The van der Waals surface area contributed by atoms with E-state index in [2.05, 4.69) is 11.8 Å². The molecule has 1 aliphatic heterocycles. The highest BCUT2D eigenvalue weighted by atomic mass is 15.2. The van der Waals surface area contributed by atoms with Gasteiger partial charge >= 0.3 is 0 Å². The van der Waals surface area contributed by atoms with Crippen molar-refractivity contribution in [3.8, 4) is 0 Å². The molecule has 0 aromatic heterocycles. The zero-order valence-corrected chi connectivity index (χ0v) is 7.56. The van der Waals surface area contributed by atoms with Crippen molar-refractivity contribution in [2.45, 2.75) is 45.6 Å². The molecule has 1 rings (SSSR count). The standard InChI is InChI=1S/C9H18N2/c1-3-9-6-4-5-7-11(9)8(2)10/h9-10H,3-7H2,1-2H3. The molecule has 2 nitrogen and oxygen atoms in total. The lowest BCUT2D eigenvalue weighted by molar-refractivity contribution is 0.233. The summed E-state index contributed by atoms with van der Waals surface area (Å²) in [6.07, 6.45) is 5.10. The molecule has 0 spiro atoms. The average Bonchev–Trinajstić information content (AvgIpc) is 2.04. The molecule has 2 heteroatoms. The molecule has 0 amide bonds. The lowest BCUT2D eigenvalue weighted by Gasteiger charge is -2.36. The Hall–Kier alpha value is -0.530. The van der Waals surface area contributed by atoms with E-state index in [-0.39, 0.29) is 0 Å². The van der Waals surface area contributed by atoms with E-state index in [9.17, 15) is 0 Å². The zero-order chi connectivity index (χ0) is 8.27. The summed E-state index contributed by atoms with van der Waals surface area (Å²) in [6.45, 7) is 5.22. The van der Waals surface area contributed by atoms with Gasteiger partial charge in [-0.05, 0) is 32.6 Å². The van der Waals surface area contributed by atoms with Gasteiger partial charge in [0.25, 0.3) is 0 Å². The van der Waals surface area contributed by atoms with E-state index >= 15 is 0 Å². The molecule has 1 unspecified atom stereocenters. The minimum absolute atomic E-state index is 0.654. The van der Waals surface area contributed by atoms with Crippen LogP contribution in [0.4, 0.5) is 0 Å². The van der Waals surface area contributed by atoms with Gasteiger partial charge in [0.15, 0.2) is 0 Å². The molecule has 0 aromatic carbocycles. The van der Waals surface area contributed by atoms with Gasteiger partial charge in [-0.3, -0.25) is 5.41 Å². The van der Waals surface area contributed by atoms with Crippen LogP contribution in [0.15, 0.2) is 0 Å². The summed E-state index contributed by atoms with van der Waals surface area (Å²) in [6, 6.07) is 0.654. The highest BCUT2D eigenvalue weighted by molar-refractivity contribution is 5.76. The van der Waals surface area contributed by atoms with Gasteiger partial charge in [-0.2, -0.15) is 0 Å². The Labute approximate surface area is 69.1 Å². The van der Waals surface area contributed by atoms with Gasteiger partial charge in [0, 0.05) is 12.6 Å². The number of amidine groups is 1. The summed E-state index contributed by atoms with van der Waals surface area (Å²) < 4.78 is 0. The summed E-state index contributed by atoms with van der Waals surface area (Å²) in [5.41, 5.74) is 0. The second kappa shape index (κ2) is 3.74. The monoisotopic (exact) mass is 154 g/mol. The van der Waals surface area contributed by atoms with E-state index in [0.29, 0.717) is 6.04 Å². The fourth-order valence-electron chi connectivity index (χ4n) is 1.87. The van der Waals surface area contributed by atoms with Gasteiger partial charge in [-0.25, -0.2) is 0 Å². The highest BCUT2D eigenvalue weighted by Crippen LogP contribution is 2.19. The van der Waals surface area contributed by atoms with Crippen molar-refractivity contribution >= 4 is 5.84 Å². The van der Waals surface area contributed by atoms with Crippen LogP contribution in [-0.2, 0) is 0 Å². The molecule has 1 fully saturated rings. The zero-order valence-electron chi connectivity index (χ0n) is 7.56. The third-order valence-corrected chi connectivity index (χ3v) is 2.53. The Morgan fingerprint density at radius 3 is 2.73 bits per heavy atom. The SMILES string of the molecule is CCC1CCCCN1C(C)=N. The third-order valence-electron chi connectivity index (χ3n) is 2.53. The maximum Gasteiger partial charge on any atom is 0.0928 e. The Kier molecular flexibility index (Phi) is 2.92. The fraction of sp³-hybridized carbons (Fsp3) is 0.889. The van der Waals surface area contributed by atoms with E-state index < -0.39 is 0 Å². The molecule has 1 atom stereocenters. The van der Waals surface area contributed by atoms with Crippen molar-refractivity contribution in [2.24, 2.45) is 0 Å². The molecule has 11 heavy (non-hydrogen) atoms. The maximum absolute atomic E-state index is 7.55. The topological polar surface area (TPSA) is 27.1 Å². The Bertz CT molecular complexity index is 142. The van der Waals surface area contributed by atoms with Crippen molar-refractivity contribution in [1.82, 2.24) is 4.90 Å². The van der Waals surface area contributed by atoms with E-state index in [1.165, 1.54) is 25.7 Å². The summed E-state index contributed by atoms with van der Waals surface area (Å²) in [5.74, 6) is 0.747. The molecule has 1 aliphatic rings. The normalized spacial score (nSPS) is 25.3. The smallest absolute Gasteiger partial charge is 0.0928 e. The van der Waals surface area contributed by atoms with Gasteiger partial charge in [0.1, 0.15) is 0 Å². The summed E-state index contributed by atoms with van der Waals surface area (Å²) in [4.78, 5) is 2.24. The number of piperidine rings is 1. The molecule has 0 aliphatic carbocycles. The van der Waals surface area contributed by atoms with E-state index in [1.54, 1.807) is 0 Å². The van der Waals surface area contributed by atoms with Crippen LogP contribution in [0.3, 0.4) is 0 Å². The molecule has 1 heterocycles. The number of rotatable bonds is 1. The van der Waals surface area contributed by atoms with Crippen molar-refractivity contribution in [3.63, 3.8) is 0 Å². The van der Waals surface area contributed by atoms with Gasteiger partial charge in [-0.15, -0.1) is 0 Å². The van der Waals surface area contributed by atoms with Crippen molar-refractivity contribution < 1.29 is 0 Å². The summed E-state index contributed by atoms with van der Waals surface area (Å²) in [7, 11) is 0. The van der Waals surface area contributed by atoms with Crippen LogP contribution in [0.1, 0.15) is 39.5 Å². The lowest BCUT2D eigenvalue weighted by Crippen LogP contribution is -2.41. The largest absolute Gasteiger partial charge is 0.358 e. The van der Waals surface area contributed by atoms with Crippen LogP contribution in [-0.4, -0.2) is 23.3 Å². The van der Waals surface area contributed by atoms with E-state index in [0.717, 1.165) is 12.4 Å². The lowest BCUT2D eigenvalue weighted by atomic mass is 10.00. The van der Waals surface area contributed by atoms with Crippen molar-refractivity contribution in [3.05, 3.63) is 0 Å². The van der Waals surface area contributed by atoms with Crippen LogP contribution in [0, 0.1) is 5.41 Å². The highest BCUT2D eigenvalue weighted by Gasteiger charge is 2.20. The summed E-state index contributed by atoms with van der Waals surface area (Å²) >= 11 is 0. The first-order valence-electron chi connectivity index (χ1n) is 4.57. The predicted molar refractivity (Wildman–Crippen MR) is 48.0 cm³/mol. The number of nitrogens with one attached hydrogen (secondary N) is 1. The van der Waals surface area contributed by atoms with Crippen LogP contribution in [0.25, 0.3) is 0 Å². The molecule has 1 N–H and O–H groups in total. The average molecular weight is 154 g/mol. The number of nitrogens with zero attached hydrogens (tertiary/aromatic N) is 1. The van der Waals surface area contributed by atoms with Crippen molar-refractivity contribution in [2.75, 3.05) is 6.54 Å². The Morgan fingerprint density at radius 1 is 1.55 bits per heavy atom. The molecular formula is C9H18N2. The van der Waals surface area contributed by atoms with Crippen LogP contribution in [0.5, 0.6) is 0 Å². The van der Waals surface area contributed by atoms with Gasteiger partial charge in [0.05, 0.1) is 5.84 Å². The minimum atomic E-state index is 0.654. The molecule has 0 radical (unpaired) electrons. The maximum atomic E-state index is 7.55. The molecule has 1 saturated heterocycles. The third kappa shape index (κ3) is 1.95. The summed E-state index contributed by atoms with van der Waals surface area (Å²) in [5, 5.41) is 7.55. The molecule has 0 saturated carbocycles. The van der Waals surface area contributed by atoms with Crippen LogP contribution >= 0.6 is 0 Å². The van der Waals surface area contributed by atoms with Gasteiger partial charge in [-0.1, -0.05) is 6.92 Å². The molecule has 0 aromatic rings. The predicted octanol–water partition coefficient (Wildman–Crippen LogP) is 2.25. The molecule has 64 valence electrons. The first-order chi connectivity index (χ1) is 5.25. The quantitative estimate of drug-likeness (QED) is 0.455. The number of likely N-dealkylation sites (tertiary alicyclic amines) is 1. The van der Waals surface area contributed by atoms with Gasteiger partial charge in [0.2, 0.25) is 0 Å². The molecular weight excluding hydrogens is 136 g/mol. The first-order valence-corrected chi connectivity index (χ1v) is 4.57. The van der Waals surface area contributed by atoms with Crippen molar-refractivity contribution in [1.29, 1.82) is 5.41 Å². The minimum Gasteiger partial charge on any atom is -0.358 e. The van der Waals surface area contributed by atoms with Crippen LogP contribution in [0.2, 0.25) is 0 Å². The fourth-order valence-corrected chi connectivity index (χ4v) is 1.87. The number of hydrogen-bond donors (Lipinski definition) is 1. The van der Waals surface area contributed by atoms with E-state index in [1.807, 2.05) is 6.92 Å². The number of hydrogen-bond acceptors (Lipinski definition) is 1. The first kappa shape index (κ1) is 8.57. The Balaban J connectivity index is 2.51. The molecule has 0 bridgehead atoms. The second-order valence-corrected chi connectivity index (χ2v) is 3.34. The van der Waals surface area contributed by atoms with Gasteiger partial charge < -0.3 is 4.90 Å². The Morgan fingerprint density at radius 2 is 2.27 bits per heavy atom. The van der Waals surface area contributed by atoms with Crippen LogP contribution < -0.4 is 0 Å².